The molecule has 0 aromatic heterocycles. The molecule has 0 saturated heterocycles. The quantitative estimate of drug-likeness (QED) is 0.751. The Balaban J connectivity index is 2.50. The number of carbonyl (C=O) groups excluding carboxylic acids is 1. The first-order valence-electron chi connectivity index (χ1n) is 8.80. The van der Waals surface area contributed by atoms with Crippen LogP contribution >= 0.6 is 11.6 Å². The number of amides is 1. The molecule has 1 N–H and O–H groups in total. The molecule has 1 amide bonds. The van der Waals surface area contributed by atoms with Gasteiger partial charge in [-0.1, -0.05) is 42.3 Å². The monoisotopic (exact) mass is 408 g/mol. The van der Waals surface area contributed by atoms with E-state index in [1.165, 1.54) is 0 Å². The molecule has 0 aliphatic carbocycles. The molecule has 0 aliphatic heterocycles. The van der Waals surface area contributed by atoms with Crippen molar-refractivity contribution in [2.24, 2.45) is 0 Å². The highest BCUT2D eigenvalue weighted by atomic mass is 35.5. The molecule has 0 fully saturated rings. The molecule has 0 spiro atoms. The van der Waals surface area contributed by atoms with Gasteiger partial charge in [-0.15, -0.1) is 0 Å². The van der Waals surface area contributed by atoms with Crippen LogP contribution in [0.25, 0.3) is 0 Å². The van der Waals surface area contributed by atoms with Crippen molar-refractivity contribution < 1.29 is 13.2 Å². The maximum Gasteiger partial charge on any atom is 0.264 e. The summed E-state index contributed by atoms with van der Waals surface area (Å²) in [4.78, 5) is 12.6. The fraction of sp³-hybridized carbons (Fsp3) is 0.350. The summed E-state index contributed by atoms with van der Waals surface area (Å²) in [6.07, 6.45) is 0.757. The van der Waals surface area contributed by atoms with Crippen LogP contribution in [0.3, 0.4) is 0 Å². The first-order chi connectivity index (χ1) is 12.6. The summed E-state index contributed by atoms with van der Waals surface area (Å²) in [5.41, 5.74) is 2.06. The van der Waals surface area contributed by atoms with Crippen molar-refractivity contribution in [3.8, 4) is 0 Å². The predicted octanol–water partition coefficient (Wildman–Crippen LogP) is 4.07. The predicted molar refractivity (Wildman–Crippen MR) is 110 cm³/mol. The van der Waals surface area contributed by atoms with Gasteiger partial charge in [-0.2, -0.15) is 0 Å². The van der Waals surface area contributed by atoms with E-state index >= 15 is 0 Å². The lowest BCUT2D eigenvalue weighted by atomic mass is 10.2. The fourth-order valence-corrected chi connectivity index (χ4v) is 4.19. The summed E-state index contributed by atoms with van der Waals surface area (Å²) in [6.45, 7) is 7.18. The number of sulfonamides is 1. The zero-order valence-corrected chi connectivity index (χ0v) is 17.6. The number of carbonyl (C=O) groups is 1. The van der Waals surface area contributed by atoms with Crippen LogP contribution in [0, 0.1) is 13.8 Å². The first kappa shape index (κ1) is 21.3. The van der Waals surface area contributed by atoms with Gasteiger partial charge >= 0.3 is 0 Å². The second kappa shape index (κ2) is 8.76. The van der Waals surface area contributed by atoms with Crippen LogP contribution in [0.15, 0.2) is 47.4 Å². The zero-order chi connectivity index (χ0) is 20.2. The van der Waals surface area contributed by atoms with Crippen molar-refractivity contribution >= 4 is 33.2 Å². The maximum atomic E-state index is 13.3. The Kier molecular flexibility index (Phi) is 6.89. The van der Waals surface area contributed by atoms with Gasteiger partial charge in [0.15, 0.2) is 0 Å². The van der Waals surface area contributed by atoms with Gasteiger partial charge in [0.2, 0.25) is 5.91 Å². The van der Waals surface area contributed by atoms with Gasteiger partial charge in [-0.25, -0.2) is 8.42 Å². The molecular formula is C20H25ClN2O3S. The fourth-order valence-electron chi connectivity index (χ4n) is 2.54. The normalized spacial score (nSPS) is 12.5. The average Bonchev–Trinajstić information content (AvgIpc) is 2.62. The molecule has 0 bridgehead atoms. The van der Waals surface area contributed by atoms with E-state index in [-0.39, 0.29) is 23.4 Å². The summed E-state index contributed by atoms with van der Waals surface area (Å²) < 4.78 is 27.7. The van der Waals surface area contributed by atoms with Gasteiger partial charge in [-0.05, 0) is 57.0 Å². The second-order valence-electron chi connectivity index (χ2n) is 6.63. The van der Waals surface area contributed by atoms with Crippen molar-refractivity contribution in [1.29, 1.82) is 0 Å². The Morgan fingerprint density at radius 1 is 1.15 bits per heavy atom. The molecule has 0 radical (unpaired) electrons. The van der Waals surface area contributed by atoms with Gasteiger partial charge in [0.25, 0.3) is 10.0 Å². The molecule has 2 aromatic carbocycles. The van der Waals surface area contributed by atoms with Crippen LogP contribution in [-0.4, -0.2) is 26.9 Å². The van der Waals surface area contributed by atoms with Crippen molar-refractivity contribution in [3.63, 3.8) is 0 Å². The van der Waals surface area contributed by atoms with Crippen LogP contribution in [0.5, 0.6) is 0 Å². The van der Waals surface area contributed by atoms with E-state index < -0.39 is 10.0 Å². The number of nitrogens with one attached hydrogen (secondary N) is 1. The van der Waals surface area contributed by atoms with Crippen LogP contribution < -0.4 is 9.62 Å². The topological polar surface area (TPSA) is 66.5 Å². The molecule has 2 rings (SSSR count). The lowest BCUT2D eigenvalue weighted by Crippen LogP contribution is -2.43. The van der Waals surface area contributed by atoms with E-state index in [4.69, 9.17) is 11.6 Å². The number of hydrogen-bond donors (Lipinski definition) is 1. The van der Waals surface area contributed by atoms with Gasteiger partial charge < -0.3 is 5.32 Å². The standard InChI is InChI=1S/C20H25ClN2O3S/c1-5-16(4)22-20(24)13-23(19-12-17(21)9-8-15(19)3)27(25,26)18-10-6-14(2)7-11-18/h6-12,16H,5,13H2,1-4H3,(H,22,24). The molecule has 5 nitrogen and oxygen atoms in total. The molecule has 0 saturated carbocycles. The van der Waals surface area contributed by atoms with E-state index in [1.54, 1.807) is 49.4 Å². The molecule has 2 aromatic rings. The Hall–Kier alpha value is -2.05. The zero-order valence-electron chi connectivity index (χ0n) is 16.0. The molecular weight excluding hydrogens is 384 g/mol. The lowest BCUT2D eigenvalue weighted by Gasteiger charge is -2.26. The van der Waals surface area contributed by atoms with Crippen LogP contribution in [0.1, 0.15) is 31.4 Å². The molecule has 0 aliphatic rings. The minimum atomic E-state index is -3.93. The molecule has 0 heterocycles. The summed E-state index contributed by atoms with van der Waals surface area (Å²) in [5.74, 6) is -0.362. The molecule has 1 unspecified atom stereocenters. The SMILES string of the molecule is CCC(C)NC(=O)CN(c1cc(Cl)ccc1C)S(=O)(=O)c1ccc(C)cc1. The highest BCUT2D eigenvalue weighted by molar-refractivity contribution is 7.92. The van der Waals surface area contributed by atoms with Crippen molar-refractivity contribution in [3.05, 3.63) is 58.6 Å². The highest BCUT2D eigenvalue weighted by Gasteiger charge is 2.28. The third-order valence-corrected chi connectivity index (χ3v) is 6.36. The van der Waals surface area contributed by atoms with E-state index in [1.807, 2.05) is 20.8 Å². The molecule has 146 valence electrons. The number of benzene rings is 2. The van der Waals surface area contributed by atoms with E-state index in [0.717, 1.165) is 16.3 Å². The summed E-state index contributed by atoms with van der Waals surface area (Å²) in [5, 5.41) is 3.22. The number of nitrogens with zero attached hydrogens (tertiary/aromatic N) is 1. The van der Waals surface area contributed by atoms with Crippen molar-refractivity contribution in [2.45, 2.75) is 45.1 Å². The number of anilines is 1. The van der Waals surface area contributed by atoms with Gasteiger partial charge in [0.05, 0.1) is 10.6 Å². The van der Waals surface area contributed by atoms with E-state index in [0.29, 0.717) is 16.3 Å². The number of aryl methyl sites for hydroxylation is 2. The smallest absolute Gasteiger partial charge is 0.264 e. The van der Waals surface area contributed by atoms with Crippen LogP contribution in [-0.2, 0) is 14.8 Å². The molecule has 7 heteroatoms. The summed E-state index contributed by atoms with van der Waals surface area (Å²) >= 11 is 6.10. The van der Waals surface area contributed by atoms with E-state index in [9.17, 15) is 13.2 Å². The van der Waals surface area contributed by atoms with Gasteiger partial charge in [0, 0.05) is 11.1 Å². The summed E-state index contributed by atoms with van der Waals surface area (Å²) in [6, 6.07) is 11.5. The minimum absolute atomic E-state index is 0.0399. The van der Waals surface area contributed by atoms with Crippen LogP contribution in [0.4, 0.5) is 5.69 Å². The number of hydrogen-bond acceptors (Lipinski definition) is 3. The average molecular weight is 409 g/mol. The molecule has 27 heavy (non-hydrogen) atoms. The Labute approximate surface area is 166 Å². The third-order valence-electron chi connectivity index (χ3n) is 4.36. The minimum Gasteiger partial charge on any atom is -0.352 e. The van der Waals surface area contributed by atoms with Crippen LogP contribution in [0.2, 0.25) is 5.02 Å². The largest absolute Gasteiger partial charge is 0.352 e. The number of halogens is 1. The second-order valence-corrected chi connectivity index (χ2v) is 8.93. The Morgan fingerprint density at radius 2 is 1.78 bits per heavy atom. The van der Waals surface area contributed by atoms with Gasteiger partial charge in [-0.3, -0.25) is 9.10 Å². The Morgan fingerprint density at radius 3 is 2.37 bits per heavy atom. The third kappa shape index (κ3) is 5.23. The Bertz CT molecular complexity index is 911. The highest BCUT2D eigenvalue weighted by Crippen LogP contribution is 2.29. The van der Waals surface area contributed by atoms with Gasteiger partial charge in [0.1, 0.15) is 6.54 Å². The maximum absolute atomic E-state index is 13.3. The van der Waals surface area contributed by atoms with Crippen molar-refractivity contribution in [1.82, 2.24) is 5.32 Å². The molecule has 1 atom stereocenters. The van der Waals surface area contributed by atoms with E-state index in [2.05, 4.69) is 5.32 Å². The first-order valence-corrected chi connectivity index (χ1v) is 10.6. The summed E-state index contributed by atoms with van der Waals surface area (Å²) in [7, 11) is -3.93. The lowest BCUT2D eigenvalue weighted by molar-refractivity contribution is -0.120. The number of rotatable bonds is 7. The van der Waals surface area contributed by atoms with Crippen molar-refractivity contribution in [2.75, 3.05) is 10.8 Å².